The lowest BCUT2D eigenvalue weighted by Gasteiger charge is -2.32. The van der Waals surface area contributed by atoms with Gasteiger partial charge in [-0.1, -0.05) is 0 Å². The largest absolute Gasteiger partial charge is 0.488 e. The van der Waals surface area contributed by atoms with Crippen LogP contribution in [-0.4, -0.2) is 24.8 Å². The molecule has 0 saturated heterocycles. The van der Waals surface area contributed by atoms with Gasteiger partial charge in [0, 0.05) is 0 Å². The third-order valence-electron chi connectivity index (χ3n) is 2.82. The second-order valence-electron chi connectivity index (χ2n) is 5.78. The van der Waals surface area contributed by atoms with Crippen LogP contribution in [0.15, 0.2) is 16.6 Å². The number of anilines is 1. The number of ether oxygens (including phenoxy) is 2. The lowest BCUT2D eigenvalue weighted by Crippen LogP contribution is -2.41. The standard InChI is InChI=1S/C14H15BrF3NO3/c1-13(2,3)22-12(20)19-4-5-21-11-9(15)6-8(7-10(11)19)14(16,17)18/h6-7H,4-5H2,1-3H3. The van der Waals surface area contributed by atoms with E-state index in [1.54, 1.807) is 20.8 Å². The predicted molar refractivity (Wildman–Crippen MR) is 78.2 cm³/mol. The minimum absolute atomic E-state index is 0.0437. The van der Waals surface area contributed by atoms with Gasteiger partial charge >= 0.3 is 12.3 Å². The Morgan fingerprint density at radius 1 is 1.32 bits per heavy atom. The van der Waals surface area contributed by atoms with Gasteiger partial charge < -0.3 is 9.47 Å². The van der Waals surface area contributed by atoms with Crippen molar-refractivity contribution in [2.75, 3.05) is 18.1 Å². The van der Waals surface area contributed by atoms with Gasteiger partial charge in [-0.3, -0.25) is 4.90 Å². The fraction of sp³-hybridized carbons (Fsp3) is 0.500. The fourth-order valence-electron chi connectivity index (χ4n) is 1.95. The molecule has 0 bridgehead atoms. The zero-order valence-electron chi connectivity index (χ0n) is 12.3. The number of halogens is 4. The van der Waals surface area contributed by atoms with Gasteiger partial charge in [0.2, 0.25) is 0 Å². The SMILES string of the molecule is CC(C)(C)OC(=O)N1CCOc2c(Br)cc(C(F)(F)F)cc21. The van der Waals surface area contributed by atoms with Crippen molar-refractivity contribution < 1.29 is 27.4 Å². The van der Waals surface area contributed by atoms with Crippen LogP contribution >= 0.6 is 15.9 Å². The topological polar surface area (TPSA) is 38.8 Å². The van der Waals surface area contributed by atoms with Crippen LogP contribution in [0.5, 0.6) is 5.75 Å². The molecular weight excluding hydrogens is 367 g/mol. The summed E-state index contributed by atoms with van der Waals surface area (Å²) in [5.74, 6) is 0.199. The Hall–Kier alpha value is -1.44. The van der Waals surface area contributed by atoms with Crippen molar-refractivity contribution in [3.63, 3.8) is 0 Å². The summed E-state index contributed by atoms with van der Waals surface area (Å²) < 4.78 is 49.6. The van der Waals surface area contributed by atoms with Crippen LogP contribution in [0.3, 0.4) is 0 Å². The van der Waals surface area contributed by atoms with Crippen LogP contribution in [0.2, 0.25) is 0 Å². The number of benzene rings is 1. The Morgan fingerprint density at radius 2 is 1.95 bits per heavy atom. The number of alkyl halides is 3. The number of hydrogen-bond acceptors (Lipinski definition) is 3. The molecule has 0 saturated carbocycles. The molecular formula is C14H15BrF3NO3. The van der Waals surface area contributed by atoms with Crippen molar-refractivity contribution in [3.05, 3.63) is 22.2 Å². The molecule has 1 amide bonds. The summed E-state index contributed by atoms with van der Waals surface area (Å²) in [5.41, 5.74) is -1.56. The minimum Gasteiger partial charge on any atom is -0.488 e. The summed E-state index contributed by atoms with van der Waals surface area (Å²) in [4.78, 5) is 13.4. The summed E-state index contributed by atoms with van der Waals surface area (Å²) >= 11 is 3.06. The lowest BCUT2D eigenvalue weighted by molar-refractivity contribution is -0.137. The highest BCUT2D eigenvalue weighted by Gasteiger charge is 2.36. The first kappa shape index (κ1) is 16.9. The normalized spacial score (nSPS) is 15.1. The van der Waals surface area contributed by atoms with Crippen molar-refractivity contribution >= 4 is 27.7 Å². The summed E-state index contributed by atoms with van der Waals surface area (Å²) in [6, 6.07) is 1.82. The Kier molecular flexibility index (Phi) is 4.34. The Morgan fingerprint density at radius 3 is 2.50 bits per heavy atom. The quantitative estimate of drug-likeness (QED) is 0.658. The van der Waals surface area contributed by atoms with Crippen molar-refractivity contribution in [2.24, 2.45) is 0 Å². The molecule has 1 aromatic carbocycles. The second kappa shape index (κ2) is 5.64. The van der Waals surface area contributed by atoms with E-state index in [1.165, 1.54) is 0 Å². The van der Waals surface area contributed by atoms with Crippen molar-refractivity contribution in [2.45, 2.75) is 32.5 Å². The molecule has 0 unspecified atom stereocenters. The molecule has 1 heterocycles. The molecule has 4 nitrogen and oxygen atoms in total. The maximum Gasteiger partial charge on any atom is 0.416 e. The predicted octanol–water partition coefficient (Wildman–Crippen LogP) is 4.60. The minimum atomic E-state index is -4.52. The fourth-order valence-corrected chi connectivity index (χ4v) is 2.52. The number of amides is 1. The Labute approximate surface area is 134 Å². The number of fused-ring (bicyclic) bond motifs is 1. The zero-order chi connectivity index (χ0) is 16.7. The Balaban J connectivity index is 2.44. The first-order valence-electron chi connectivity index (χ1n) is 6.53. The molecule has 0 radical (unpaired) electrons. The lowest BCUT2D eigenvalue weighted by atomic mass is 10.1. The highest BCUT2D eigenvalue weighted by Crippen LogP contribution is 2.43. The molecule has 8 heteroatoms. The van der Waals surface area contributed by atoms with Crippen LogP contribution in [-0.2, 0) is 10.9 Å². The van der Waals surface area contributed by atoms with Crippen LogP contribution < -0.4 is 9.64 Å². The average Bonchev–Trinajstić information content (AvgIpc) is 2.34. The molecule has 0 spiro atoms. The van der Waals surface area contributed by atoms with E-state index in [9.17, 15) is 18.0 Å². The second-order valence-corrected chi connectivity index (χ2v) is 6.64. The summed E-state index contributed by atoms with van der Waals surface area (Å²) in [6.45, 7) is 5.36. The monoisotopic (exact) mass is 381 g/mol. The van der Waals surface area contributed by atoms with Gasteiger partial charge in [0.1, 0.15) is 12.2 Å². The Bertz CT molecular complexity index is 596. The molecule has 22 heavy (non-hydrogen) atoms. The number of carbonyl (C=O) groups excluding carboxylic acids is 1. The molecule has 0 atom stereocenters. The smallest absolute Gasteiger partial charge is 0.416 e. The summed E-state index contributed by atoms with van der Waals surface area (Å²) in [5, 5.41) is 0. The highest BCUT2D eigenvalue weighted by molar-refractivity contribution is 9.10. The van der Waals surface area contributed by atoms with Crippen LogP contribution in [0.4, 0.5) is 23.7 Å². The molecule has 0 aliphatic carbocycles. The molecule has 0 N–H and O–H groups in total. The van der Waals surface area contributed by atoms with Gasteiger partial charge in [-0.05, 0) is 48.8 Å². The molecule has 122 valence electrons. The first-order chi connectivity index (χ1) is 9.99. The summed E-state index contributed by atoms with van der Waals surface area (Å²) in [6.07, 6.45) is -5.22. The van der Waals surface area contributed by atoms with Crippen LogP contribution in [0.25, 0.3) is 0 Å². The molecule has 1 aromatic rings. The van der Waals surface area contributed by atoms with Gasteiger partial charge in [-0.25, -0.2) is 4.79 Å². The van der Waals surface area contributed by atoms with Crippen molar-refractivity contribution in [1.29, 1.82) is 0 Å². The molecule has 2 rings (SSSR count). The van der Waals surface area contributed by atoms with Gasteiger partial charge in [0.15, 0.2) is 5.75 Å². The van der Waals surface area contributed by atoms with E-state index < -0.39 is 23.4 Å². The maximum absolute atomic E-state index is 12.9. The van der Waals surface area contributed by atoms with Crippen LogP contribution in [0, 0.1) is 0 Å². The van der Waals surface area contributed by atoms with Gasteiger partial charge in [-0.2, -0.15) is 13.2 Å². The number of rotatable bonds is 0. The van der Waals surface area contributed by atoms with E-state index in [0.29, 0.717) is 0 Å². The molecule has 1 aliphatic heterocycles. The van der Waals surface area contributed by atoms with Crippen molar-refractivity contribution in [3.8, 4) is 5.75 Å². The van der Waals surface area contributed by atoms with E-state index in [2.05, 4.69) is 15.9 Å². The van der Waals surface area contributed by atoms with Crippen molar-refractivity contribution in [1.82, 2.24) is 0 Å². The third-order valence-corrected chi connectivity index (χ3v) is 3.41. The number of nitrogens with zero attached hydrogens (tertiary/aromatic N) is 1. The van der Waals surface area contributed by atoms with E-state index in [1.807, 2.05) is 0 Å². The third kappa shape index (κ3) is 3.66. The molecule has 0 fully saturated rings. The first-order valence-corrected chi connectivity index (χ1v) is 7.32. The highest BCUT2D eigenvalue weighted by atomic mass is 79.9. The zero-order valence-corrected chi connectivity index (χ0v) is 13.8. The molecule has 0 aromatic heterocycles. The average molecular weight is 382 g/mol. The van der Waals surface area contributed by atoms with E-state index in [-0.39, 0.29) is 29.1 Å². The summed E-state index contributed by atoms with van der Waals surface area (Å²) in [7, 11) is 0. The van der Waals surface area contributed by atoms with Gasteiger partial charge in [0.05, 0.1) is 22.3 Å². The number of hydrogen-bond donors (Lipinski definition) is 0. The maximum atomic E-state index is 12.9. The van der Waals surface area contributed by atoms with Crippen LogP contribution in [0.1, 0.15) is 26.3 Å². The van der Waals surface area contributed by atoms with Gasteiger partial charge in [0.25, 0.3) is 0 Å². The van der Waals surface area contributed by atoms with Gasteiger partial charge in [-0.15, -0.1) is 0 Å². The number of carbonyl (C=O) groups is 1. The van der Waals surface area contributed by atoms with E-state index in [0.717, 1.165) is 17.0 Å². The van der Waals surface area contributed by atoms with E-state index >= 15 is 0 Å². The van der Waals surface area contributed by atoms with E-state index in [4.69, 9.17) is 9.47 Å². The molecule has 1 aliphatic rings.